The van der Waals surface area contributed by atoms with Gasteiger partial charge in [-0.25, -0.2) is 0 Å². The molecule has 16 nitrogen and oxygen atoms in total. The highest BCUT2D eigenvalue weighted by atomic mass is 16.7. The smallest absolute Gasteiger partial charge is 0.229 e. The molecule has 0 bridgehead atoms. The summed E-state index contributed by atoms with van der Waals surface area (Å²) in [7, 11) is 0. The highest BCUT2D eigenvalue weighted by Crippen LogP contribution is 2.44. The fourth-order valence-corrected chi connectivity index (χ4v) is 5.22. The molecule has 12 atom stereocenters. The summed E-state index contributed by atoms with van der Waals surface area (Å²) in [5.74, 6) is -0.903. The third-order valence-corrected chi connectivity index (χ3v) is 7.67. The van der Waals surface area contributed by atoms with Gasteiger partial charge in [0.25, 0.3) is 0 Å². The molecular formula is C27H34O16. The molecule has 3 heterocycles. The van der Waals surface area contributed by atoms with E-state index in [0.717, 1.165) is 6.07 Å². The van der Waals surface area contributed by atoms with Gasteiger partial charge >= 0.3 is 0 Å². The molecule has 3 aliphatic rings. The Morgan fingerprint density at radius 2 is 1.23 bits per heavy atom. The second-order valence-corrected chi connectivity index (χ2v) is 10.6. The van der Waals surface area contributed by atoms with Crippen molar-refractivity contribution in [3.63, 3.8) is 0 Å². The predicted molar refractivity (Wildman–Crippen MR) is 138 cm³/mol. The van der Waals surface area contributed by atoms with Gasteiger partial charge < -0.3 is 79.9 Å². The number of ether oxygens (including phenoxy) is 5. The van der Waals surface area contributed by atoms with Crippen molar-refractivity contribution in [3.05, 3.63) is 41.5 Å². The Morgan fingerprint density at radius 1 is 0.674 bits per heavy atom. The predicted octanol–water partition coefficient (Wildman–Crippen LogP) is -3.51. The van der Waals surface area contributed by atoms with Crippen molar-refractivity contribution in [1.29, 1.82) is 0 Å². The molecule has 2 aromatic carbocycles. The van der Waals surface area contributed by atoms with E-state index >= 15 is 0 Å². The van der Waals surface area contributed by atoms with Gasteiger partial charge in [0.1, 0.15) is 72.2 Å². The van der Waals surface area contributed by atoms with Crippen molar-refractivity contribution in [3.8, 4) is 28.7 Å². The molecule has 11 N–H and O–H groups in total. The van der Waals surface area contributed by atoms with Gasteiger partial charge in [-0.15, -0.1) is 0 Å². The zero-order valence-electron chi connectivity index (χ0n) is 22.4. The van der Waals surface area contributed by atoms with Gasteiger partial charge in [-0.2, -0.15) is 0 Å². The van der Waals surface area contributed by atoms with Crippen LogP contribution in [0.2, 0.25) is 0 Å². The van der Waals surface area contributed by atoms with Crippen LogP contribution in [0.4, 0.5) is 0 Å². The van der Waals surface area contributed by atoms with E-state index in [9.17, 15) is 56.2 Å². The van der Waals surface area contributed by atoms with Gasteiger partial charge in [0.2, 0.25) is 12.6 Å². The van der Waals surface area contributed by atoms with Crippen LogP contribution in [0.25, 0.3) is 0 Å². The second kappa shape index (κ2) is 12.5. The highest BCUT2D eigenvalue weighted by Gasteiger charge is 2.47. The number of aliphatic hydroxyl groups is 9. The van der Waals surface area contributed by atoms with Crippen LogP contribution in [0.5, 0.6) is 28.7 Å². The number of aromatic hydroxyl groups is 2. The van der Waals surface area contributed by atoms with Crippen LogP contribution in [-0.2, 0) is 15.9 Å². The number of benzene rings is 2. The molecule has 3 aliphatic heterocycles. The summed E-state index contributed by atoms with van der Waals surface area (Å²) in [5.41, 5.74) is 0.517. The molecular weight excluding hydrogens is 580 g/mol. The van der Waals surface area contributed by atoms with Crippen molar-refractivity contribution >= 4 is 0 Å². The molecule has 16 heteroatoms. The van der Waals surface area contributed by atoms with Gasteiger partial charge in [-0.3, -0.25) is 0 Å². The largest absolute Gasteiger partial charge is 0.508 e. The molecule has 0 aromatic heterocycles. The van der Waals surface area contributed by atoms with Crippen LogP contribution in [0, 0.1) is 0 Å². The summed E-state index contributed by atoms with van der Waals surface area (Å²) in [6, 6.07) is 6.38. The number of hydrogen-bond acceptors (Lipinski definition) is 16. The number of rotatable bonds is 7. The molecule has 5 rings (SSSR count). The first-order chi connectivity index (χ1) is 20.4. The van der Waals surface area contributed by atoms with Gasteiger partial charge in [-0.05, 0) is 17.7 Å². The molecule has 2 aromatic rings. The van der Waals surface area contributed by atoms with E-state index in [2.05, 4.69) is 0 Å². The molecule has 43 heavy (non-hydrogen) atoms. The SMILES string of the molecule is OC[C@@H]1O[C@H](Oc2ccc([C@H]3Oc4cc(O)cc(O)c4C[C@@H]3O)cc2O[C@H]2O[C@@H](CO)[C@H](O)[C@H](O)[C@@H]2O)[C@@H](O)[C@@H](O)[C@H]1O. The van der Waals surface area contributed by atoms with Gasteiger partial charge in [0.15, 0.2) is 11.5 Å². The lowest BCUT2D eigenvalue weighted by atomic mass is 9.94. The van der Waals surface area contributed by atoms with Crippen LogP contribution in [0.3, 0.4) is 0 Å². The summed E-state index contributed by atoms with van der Waals surface area (Å²) < 4.78 is 28.3. The van der Waals surface area contributed by atoms with Crippen molar-refractivity contribution < 1.29 is 79.9 Å². The molecule has 0 radical (unpaired) electrons. The Bertz CT molecular complexity index is 1270. The highest BCUT2D eigenvalue weighted by molar-refractivity contribution is 5.52. The summed E-state index contributed by atoms with van der Waals surface area (Å²) in [6.45, 7) is -1.46. The fourth-order valence-electron chi connectivity index (χ4n) is 5.22. The third kappa shape index (κ3) is 6.04. The average Bonchev–Trinajstić information content (AvgIpc) is 2.98. The Kier molecular flexibility index (Phi) is 9.17. The quantitative estimate of drug-likeness (QED) is 0.144. The number of phenols is 2. The minimum Gasteiger partial charge on any atom is -0.508 e. The first-order valence-corrected chi connectivity index (χ1v) is 13.4. The Labute approximate surface area is 243 Å². The molecule has 2 saturated heterocycles. The lowest BCUT2D eigenvalue weighted by Crippen LogP contribution is -2.60. The van der Waals surface area contributed by atoms with E-state index in [1.54, 1.807) is 0 Å². The summed E-state index contributed by atoms with van der Waals surface area (Å²) in [6.07, 6.45) is -18.8. The van der Waals surface area contributed by atoms with Crippen LogP contribution >= 0.6 is 0 Å². The van der Waals surface area contributed by atoms with E-state index < -0.39 is 86.8 Å². The maximum Gasteiger partial charge on any atom is 0.229 e. The van der Waals surface area contributed by atoms with E-state index in [1.165, 1.54) is 24.3 Å². The average molecular weight is 615 g/mol. The summed E-state index contributed by atoms with van der Waals surface area (Å²) in [5, 5.41) is 112. The summed E-state index contributed by atoms with van der Waals surface area (Å²) in [4.78, 5) is 0. The monoisotopic (exact) mass is 614 g/mol. The van der Waals surface area contributed by atoms with Crippen LogP contribution in [-0.4, -0.2) is 137 Å². The normalized spacial score (nSPS) is 37.7. The van der Waals surface area contributed by atoms with Crippen molar-refractivity contribution in [2.24, 2.45) is 0 Å². The fraction of sp³-hybridized carbons (Fsp3) is 0.556. The lowest BCUT2D eigenvalue weighted by Gasteiger charge is -2.41. The van der Waals surface area contributed by atoms with E-state index in [-0.39, 0.29) is 46.3 Å². The molecule has 0 amide bonds. The molecule has 0 saturated carbocycles. The van der Waals surface area contributed by atoms with Gasteiger partial charge in [0.05, 0.1) is 19.3 Å². The summed E-state index contributed by atoms with van der Waals surface area (Å²) >= 11 is 0. The molecule has 0 spiro atoms. The third-order valence-electron chi connectivity index (χ3n) is 7.67. The number of fused-ring (bicyclic) bond motifs is 1. The minimum absolute atomic E-state index is 0.0574. The van der Waals surface area contributed by atoms with Gasteiger partial charge in [0, 0.05) is 24.1 Å². The van der Waals surface area contributed by atoms with Crippen LogP contribution < -0.4 is 14.2 Å². The number of hydrogen-bond donors (Lipinski definition) is 11. The van der Waals surface area contributed by atoms with Crippen molar-refractivity contribution in [1.82, 2.24) is 0 Å². The van der Waals surface area contributed by atoms with Gasteiger partial charge in [-0.1, -0.05) is 6.07 Å². The zero-order valence-corrected chi connectivity index (χ0v) is 22.4. The minimum atomic E-state index is -1.82. The topological polar surface area (TPSA) is 269 Å². The Morgan fingerprint density at radius 3 is 1.79 bits per heavy atom. The van der Waals surface area contributed by atoms with Crippen LogP contribution in [0.15, 0.2) is 30.3 Å². The first kappa shape index (κ1) is 31.4. The van der Waals surface area contributed by atoms with Crippen LogP contribution in [0.1, 0.15) is 17.2 Å². The zero-order chi connectivity index (χ0) is 31.2. The Hall–Kier alpha value is -3.00. The second-order valence-electron chi connectivity index (χ2n) is 10.6. The van der Waals surface area contributed by atoms with Crippen molar-refractivity contribution in [2.75, 3.05) is 13.2 Å². The van der Waals surface area contributed by atoms with E-state index in [4.69, 9.17) is 23.7 Å². The molecule has 0 unspecified atom stereocenters. The van der Waals surface area contributed by atoms with Crippen molar-refractivity contribution in [2.45, 2.75) is 80.0 Å². The standard InChI is InChI=1S/C27H34O16/c28-7-17-19(33)21(35)23(37)26(42-17)40-14-2-1-9(25-13(32)6-11-12(31)4-10(30)5-15(11)39-25)3-16(14)41-27-24(38)22(36)20(34)18(8-29)43-27/h1-5,13,17-38H,6-8H2/t13-,17-,18-,19-,20-,21-,22-,23-,24-,25+,26-,27-/m0/s1. The molecule has 238 valence electrons. The first-order valence-electron chi connectivity index (χ1n) is 13.4. The van der Waals surface area contributed by atoms with E-state index in [0.29, 0.717) is 0 Å². The lowest BCUT2D eigenvalue weighted by molar-refractivity contribution is -0.282. The maximum atomic E-state index is 10.9. The van der Waals surface area contributed by atoms with E-state index in [1.807, 2.05) is 0 Å². The molecule has 0 aliphatic carbocycles. The Balaban J connectivity index is 1.49. The number of aliphatic hydroxyl groups excluding tert-OH is 9. The maximum absolute atomic E-state index is 10.9. The number of phenolic OH excluding ortho intramolecular Hbond substituents is 2. The molecule has 2 fully saturated rings.